The van der Waals surface area contributed by atoms with Crippen LogP contribution in [0.15, 0.2) is 52.4 Å². The fourth-order valence-electron chi connectivity index (χ4n) is 3.94. The van der Waals surface area contributed by atoms with Gasteiger partial charge in [0.1, 0.15) is 0 Å². The number of amidine groups is 1. The topological polar surface area (TPSA) is 44.7 Å². The number of rotatable bonds is 2. The van der Waals surface area contributed by atoms with E-state index in [4.69, 9.17) is 0 Å². The number of nitrogens with zero attached hydrogens (tertiary/aromatic N) is 2. The molecule has 0 bridgehead atoms. The minimum atomic E-state index is -0.105. The first-order chi connectivity index (χ1) is 14.1. The van der Waals surface area contributed by atoms with Gasteiger partial charge in [-0.05, 0) is 87.4 Å². The number of aryl methyl sites for hydroxylation is 2. The van der Waals surface area contributed by atoms with E-state index in [-0.39, 0.29) is 11.4 Å². The number of likely N-dealkylation sites (N-methyl/N-ethyl adjacent to an activating group) is 1. The number of anilines is 1. The number of thioether (sulfide) groups is 1. The number of nitrogens with one attached hydrogen (secondary N) is 1. The van der Waals surface area contributed by atoms with Crippen LogP contribution in [0.4, 0.5) is 11.4 Å². The standard InChI is InChI=1S/C25H27N3OS/c1-15-7-9-20(16(2)11-15)26-24-27-23(29)22(30-24)13-18-8-10-21-19(12-18)17(3)14-25(4,5)28(21)6/h7-14H,1-6H3,(H,26,27,29)/b22-13+. The van der Waals surface area contributed by atoms with Crippen LogP contribution >= 0.6 is 11.8 Å². The minimum absolute atomic E-state index is 0.0161. The smallest absolute Gasteiger partial charge is 0.264 e. The molecule has 30 heavy (non-hydrogen) atoms. The lowest BCUT2D eigenvalue weighted by Crippen LogP contribution is -2.42. The molecule has 0 aromatic heterocycles. The van der Waals surface area contributed by atoms with E-state index in [9.17, 15) is 4.79 Å². The zero-order chi connectivity index (χ0) is 21.6. The molecular weight excluding hydrogens is 390 g/mol. The van der Waals surface area contributed by atoms with E-state index < -0.39 is 0 Å². The van der Waals surface area contributed by atoms with Crippen LogP contribution in [-0.4, -0.2) is 23.7 Å². The average molecular weight is 418 g/mol. The van der Waals surface area contributed by atoms with Gasteiger partial charge in [-0.2, -0.15) is 0 Å². The Morgan fingerprint density at radius 2 is 1.87 bits per heavy atom. The van der Waals surface area contributed by atoms with Gasteiger partial charge >= 0.3 is 0 Å². The van der Waals surface area contributed by atoms with Gasteiger partial charge in [-0.3, -0.25) is 4.79 Å². The largest absolute Gasteiger partial charge is 0.366 e. The van der Waals surface area contributed by atoms with Crippen LogP contribution in [0.2, 0.25) is 0 Å². The molecule has 0 saturated carbocycles. The third kappa shape index (κ3) is 3.82. The lowest BCUT2D eigenvalue weighted by Gasteiger charge is -2.40. The predicted octanol–water partition coefficient (Wildman–Crippen LogP) is 5.83. The second-order valence-corrected chi connectivity index (χ2v) is 9.62. The number of carbonyl (C=O) groups excluding carboxylic acids is 1. The van der Waals surface area contributed by atoms with Crippen LogP contribution in [0.3, 0.4) is 0 Å². The highest BCUT2D eigenvalue weighted by atomic mass is 32.2. The molecule has 5 heteroatoms. The zero-order valence-corrected chi connectivity index (χ0v) is 19.1. The van der Waals surface area contributed by atoms with E-state index in [0.717, 1.165) is 16.8 Å². The molecule has 2 aromatic rings. The van der Waals surface area contributed by atoms with Crippen LogP contribution in [0.5, 0.6) is 0 Å². The number of carbonyl (C=O) groups is 1. The van der Waals surface area contributed by atoms with E-state index in [1.54, 1.807) is 0 Å². The maximum Gasteiger partial charge on any atom is 0.264 e. The van der Waals surface area contributed by atoms with E-state index in [1.165, 1.54) is 34.1 Å². The summed E-state index contributed by atoms with van der Waals surface area (Å²) in [5.74, 6) is -0.105. The Labute approximate surface area is 182 Å². The highest BCUT2D eigenvalue weighted by Crippen LogP contribution is 2.39. The molecule has 0 radical (unpaired) electrons. The van der Waals surface area contributed by atoms with Crippen molar-refractivity contribution in [1.82, 2.24) is 5.32 Å². The molecule has 0 atom stereocenters. The van der Waals surface area contributed by atoms with Gasteiger partial charge in [0.25, 0.3) is 5.91 Å². The molecule has 1 fully saturated rings. The first kappa shape index (κ1) is 20.5. The van der Waals surface area contributed by atoms with E-state index in [0.29, 0.717) is 10.1 Å². The fraction of sp³-hybridized carbons (Fsp3) is 0.280. The Morgan fingerprint density at radius 1 is 1.10 bits per heavy atom. The van der Waals surface area contributed by atoms with Crippen molar-refractivity contribution >= 4 is 45.9 Å². The number of fused-ring (bicyclic) bond motifs is 1. The molecule has 2 heterocycles. The lowest BCUT2D eigenvalue weighted by atomic mass is 9.88. The minimum Gasteiger partial charge on any atom is -0.366 e. The molecule has 154 valence electrons. The molecule has 1 N–H and O–H groups in total. The number of hydrogen-bond donors (Lipinski definition) is 1. The van der Waals surface area contributed by atoms with Crippen molar-refractivity contribution in [3.05, 3.63) is 69.6 Å². The Morgan fingerprint density at radius 3 is 2.60 bits per heavy atom. The van der Waals surface area contributed by atoms with Gasteiger partial charge in [-0.25, -0.2) is 4.99 Å². The van der Waals surface area contributed by atoms with Gasteiger partial charge in [0.15, 0.2) is 5.17 Å². The van der Waals surface area contributed by atoms with Gasteiger partial charge < -0.3 is 10.2 Å². The number of allylic oxidation sites excluding steroid dienone is 1. The van der Waals surface area contributed by atoms with Gasteiger partial charge in [-0.1, -0.05) is 29.8 Å². The second-order valence-electron chi connectivity index (χ2n) is 8.59. The summed E-state index contributed by atoms with van der Waals surface area (Å²) < 4.78 is 0. The molecular formula is C25H27N3OS. The number of hydrogen-bond acceptors (Lipinski definition) is 4. The Bertz CT molecular complexity index is 1140. The van der Waals surface area contributed by atoms with Gasteiger partial charge in [0.2, 0.25) is 0 Å². The Balaban J connectivity index is 1.62. The average Bonchev–Trinajstić information content (AvgIpc) is 3.01. The molecule has 2 aliphatic rings. The normalized spacial score (nSPS) is 20.4. The summed E-state index contributed by atoms with van der Waals surface area (Å²) in [4.78, 5) is 20.1. The molecule has 4 rings (SSSR count). The van der Waals surface area contributed by atoms with E-state index >= 15 is 0 Å². The fourth-order valence-corrected chi connectivity index (χ4v) is 4.77. The first-order valence-electron chi connectivity index (χ1n) is 10.1. The molecule has 0 aliphatic carbocycles. The van der Waals surface area contributed by atoms with E-state index in [1.807, 2.05) is 25.1 Å². The molecule has 0 spiro atoms. The lowest BCUT2D eigenvalue weighted by molar-refractivity contribution is -0.115. The second kappa shape index (κ2) is 7.47. The van der Waals surface area contributed by atoms with Crippen molar-refractivity contribution in [3.8, 4) is 0 Å². The van der Waals surface area contributed by atoms with Crippen molar-refractivity contribution in [1.29, 1.82) is 0 Å². The van der Waals surface area contributed by atoms with Crippen LogP contribution in [0.1, 0.15) is 43.0 Å². The SMILES string of the molecule is CC1=CC(C)(C)N(C)c2ccc(/C=C3/SC(=Nc4ccc(C)cc4C)NC3=O)cc21. The summed E-state index contributed by atoms with van der Waals surface area (Å²) >= 11 is 1.39. The third-order valence-corrected chi connectivity index (χ3v) is 6.67. The highest BCUT2D eigenvalue weighted by Gasteiger charge is 2.29. The molecule has 4 nitrogen and oxygen atoms in total. The Hall–Kier alpha value is -2.79. The van der Waals surface area contributed by atoms with Crippen molar-refractivity contribution in [2.75, 3.05) is 11.9 Å². The number of amides is 1. The number of aliphatic imine (C=N–C) groups is 1. The number of benzene rings is 2. The third-order valence-electron chi connectivity index (χ3n) is 5.76. The maximum absolute atomic E-state index is 12.5. The summed E-state index contributed by atoms with van der Waals surface area (Å²) in [5, 5.41) is 3.51. The predicted molar refractivity (Wildman–Crippen MR) is 129 cm³/mol. The monoisotopic (exact) mass is 417 g/mol. The molecule has 1 saturated heterocycles. The summed E-state index contributed by atoms with van der Waals surface area (Å²) in [5.41, 5.74) is 7.85. The van der Waals surface area contributed by atoms with Crippen molar-refractivity contribution in [3.63, 3.8) is 0 Å². The molecule has 2 aromatic carbocycles. The summed E-state index contributed by atoms with van der Waals surface area (Å²) in [7, 11) is 2.12. The molecule has 1 amide bonds. The van der Waals surface area contributed by atoms with Crippen LogP contribution in [0.25, 0.3) is 11.6 Å². The van der Waals surface area contributed by atoms with Gasteiger partial charge in [0, 0.05) is 18.3 Å². The van der Waals surface area contributed by atoms with Crippen LogP contribution < -0.4 is 10.2 Å². The maximum atomic E-state index is 12.5. The first-order valence-corrected chi connectivity index (χ1v) is 10.9. The van der Waals surface area contributed by atoms with Crippen molar-refractivity contribution in [2.24, 2.45) is 4.99 Å². The summed E-state index contributed by atoms with van der Waals surface area (Å²) in [6, 6.07) is 12.5. The van der Waals surface area contributed by atoms with Crippen LogP contribution in [-0.2, 0) is 4.79 Å². The molecule has 0 unspecified atom stereocenters. The van der Waals surface area contributed by atoms with Crippen LogP contribution in [0, 0.1) is 13.8 Å². The van der Waals surface area contributed by atoms with Gasteiger partial charge in [-0.15, -0.1) is 0 Å². The zero-order valence-electron chi connectivity index (χ0n) is 18.3. The van der Waals surface area contributed by atoms with Gasteiger partial charge in [0.05, 0.1) is 16.1 Å². The molecule has 2 aliphatic heterocycles. The summed E-state index contributed by atoms with van der Waals surface area (Å²) in [6.07, 6.45) is 4.23. The summed E-state index contributed by atoms with van der Waals surface area (Å²) in [6.45, 7) is 10.7. The quantitative estimate of drug-likeness (QED) is 0.626. The van der Waals surface area contributed by atoms with E-state index in [2.05, 4.69) is 80.3 Å². The van der Waals surface area contributed by atoms with Crippen molar-refractivity contribution < 1.29 is 4.79 Å². The Kier molecular flexibility index (Phi) is 5.10. The highest BCUT2D eigenvalue weighted by molar-refractivity contribution is 8.18. The van der Waals surface area contributed by atoms with Crippen molar-refractivity contribution in [2.45, 2.75) is 40.2 Å².